The Morgan fingerprint density at radius 2 is 2.00 bits per heavy atom. The lowest BCUT2D eigenvalue weighted by Gasteiger charge is -2.10. The molecule has 4 heteroatoms. The van der Waals surface area contributed by atoms with Crippen molar-refractivity contribution in [2.24, 2.45) is 0 Å². The van der Waals surface area contributed by atoms with Crippen molar-refractivity contribution in [2.45, 2.75) is 20.4 Å². The molecule has 0 atom stereocenters. The third-order valence-electron chi connectivity index (χ3n) is 3.19. The summed E-state index contributed by atoms with van der Waals surface area (Å²) in [5.41, 5.74) is 10.2. The van der Waals surface area contributed by atoms with E-state index in [1.807, 2.05) is 32.0 Å². The van der Waals surface area contributed by atoms with E-state index in [0.717, 1.165) is 15.6 Å². The molecule has 0 aliphatic heterocycles. The molecule has 104 valence electrons. The minimum Gasteiger partial charge on any atom is -0.398 e. The smallest absolute Gasteiger partial charge is 0.251 e. The van der Waals surface area contributed by atoms with Crippen molar-refractivity contribution in [3.63, 3.8) is 0 Å². The van der Waals surface area contributed by atoms with Gasteiger partial charge in [0.05, 0.1) is 0 Å². The third kappa shape index (κ3) is 3.39. The van der Waals surface area contributed by atoms with Gasteiger partial charge < -0.3 is 11.1 Å². The SMILES string of the molecule is Cc1cccc(CNC(=O)c2cc(Br)cc(N)c2C)c1. The van der Waals surface area contributed by atoms with Crippen molar-refractivity contribution in [1.82, 2.24) is 5.32 Å². The number of rotatable bonds is 3. The number of aryl methyl sites for hydroxylation is 1. The highest BCUT2D eigenvalue weighted by Gasteiger charge is 2.12. The standard InChI is InChI=1S/C16H17BrN2O/c1-10-4-3-5-12(6-10)9-19-16(20)14-7-13(17)8-15(18)11(14)2/h3-8H,9,18H2,1-2H3,(H,19,20). The van der Waals surface area contributed by atoms with E-state index in [1.54, 1.807) is 12.1 Å². The molecule has 0 saturated carbocycles. The Labute approximate surface area is 127 Å². The Balaban J connectivity index is 2.13. The Hall–Kier alpha value is -1.81. The van der Waals surface area contributed by atoms with Crippen LogP contribution in [0.4, 0.5) is 5.69 Å². The Kier molecular flexibility index (Phi) is 4.45. The van der Waals surface area contributed by atoms with Crippen LogP contribution < -0.4 is 11.1 Å². The van der Waals surface area contributed by atoms with Crippen LogP contribution in [0.1, 0.15) is 27.0 Å². The van der Waals surface area contributed by atoms with E-state index in [1.165, 1.54) is 5.56 Å². The van der Waals surface area contributed by atoms with E-state index < -0.39 is 0 Å². The quantitative estimate of drug-likeness (QED) is 0.844. The monoisotopic (exact) mass is 332 g/mol. The fourth-order valence-electron chi connectivity index (χ4n) is 2.04. The zero-order chi connectivity index (χ0) is 14.7. The number of benzene rings is 2. The van der Waals surface area contributed by atoms with Crippen LogP contribution in [0.25, 0.3) is 0 Å². The fraction of sp³-hybridized carbons (Fsp3) is 0.188. The van der Waals surface area contributed by atoms with E-state index in [4.69, 9.17) is 5.73 Å². The first-order valence-electron chi connectivity index (χ1n) is 6.36. The zero-order valence-electron chi connectivity index (χ0n) is 11.5. The van der Waals surface area contributed by atoms with E-state index in [-0.39, 0.29) is 5.91 Å². The summed E-state index contributed by atoms with van der Waals surface area (Å²) in [6, 6.07) is 11.7. The molecule has 0 heterocycles. The van der Waals surface area contributed by atoms with Crippen molar-refractivity contribution < 1.29 is 4.79 Å². The Bertz CT molecular complexity index is 653. The molecule has 3 N–H and O–H groups in total. The van der Waals surface area contributed by atoms with Crippen molar-refractivity contribution >= 4 is 27.5 Å². The molecule has 2 aromatic rings. The van der Waals surface area contributed by atoms with Gasteiger partial charge in [-0.1, -0.05) is 45.8 Å². The number of halogens is 1. The summed E-state index contributed by atoms with van der Waals surface area (Å²) in [6.45, 7) is 4.39. The molecule has 0 unspecified atom stereocenters. The van der Waals surface area contributed by atoms with Gasteiger partial charge in [-0.3, -0.25) is 4.79 Å². The van der Waals surface area contributed by atoms with Crippen molar-refractivity contribution in [2.75, 3.05) is 5.73 Å². The lowest BCUT2D eigenvalue weighted by atomic mass is 10.1. The van der Waals surface area contributed by atoms with Crippen LogP contribution in [0, 0.1) is 13.8 Å². The maximum absolute atomic E-state index is 12.2. The maximum atomic E-state index is 12.2. The number of nitrogens with one attached hydrogen (secondary N) is 1. The summed E-state index contributed by atoms with van der Waals surface area (Å²) >= 11 is 3.36. The van der Waals surface area contributed by atoms with Crippen LogP contribution >= 0.6 is 15.9 Å². The van der Waals surface area contributed by atoms with Gasteiger partial charge in [-0.2, -0.15) is 0 Å². The number of nitrogens with two attached hydrogens (primary N) is 1. The van der Waals surface area contributed by atoms with Crippen LogP contribution in [0.5, 0.6) is 0 Å². The minimum absolute atomic E-state index is 0.114. The first kappa shape index (κ1) is 14.6. The molecule has 0 saturated heterocycles. The number of nitrogen functional groups attached to an aromatic ring is 1. The average molecular weight is 333 g/mol. The Morgan fingerprint density at radius 3 is 2.70 bits per heavy atom. The molecular weight excluding hydrogens is 316 g/mol. The number of anilines is 1. The third-order valence-corrected chi connectivity index (χ3v) is 3.65. The number of hydrogen-bond acceptors (Lipinski definition) is 2. The van der Waals surface area contributed by atoms with Gasteiger partial charge in [0.1, 0.15) is 0 Å². The van der Waals surface area contributed by atoms with Gasteiger partial charge in [0.15, 0.2) is 0 Å². The van der Waals surface area contributed by atoms with Crippen LogP contribution in [-0.4, -0.2) is 5.91 Å². The summed E-state index contributed by atoms with van der Waals surface area (Å²) in [5.74, 6) is -0.114. The highest BCUT2D eigenvalue weighted by atomic mass is 79.9. The molecule has 0 aliphatic carbocycles. The second kappa shape index (κ2) is 6.09. The second-order valence-corrected chi connectivity index (χ2v) is 5.75. The molecule has 2 rings (SSSR count). The largest absolute Gasteiger partial charge is 0.398 e. The maximum Gasteiger partial charge on any atom is 0.251 e. The molecule has 1 amide bonds. The van der Waals surface area contributed by atoms with Gasteiger partial charge in [-0.15, -0.1) is 0 Å². The van der Waals surface area contributed by atoms with Crippen LogP contribution in [0.15, 0.2) is 40.9 Å². The van der Waals surface area contributed by atoms with Gasteiger partial charge in [-0.25, -0.2) is 0 Å². The average Bonchev–Trinajstić information content (AvgIpc) is 2.40. The van der Waals surface area contributed by atoms with Gasteiger partial charge in [-0.05, 0) is 37.1 Å². The predicted octanol–water partition coefficient (Wildman–Crippen LogP) is 3.58. The molecule has 0 aromatic heterocycles. The number of carbonyl (C=O) groups is 1. The number of carbonyl (C=O) groups excluding carboxylic acids is 1. The zero-order valence-corrected chi connectivity index (χ0v) is 13.1. The normalized spacial score (nSPS) is 10.3. The predicted molar refractivity (Wildman–Crippen MR) is 85.6 cm³/mol. The first-order valence-corrected chi connectivity index (χ1v) is 7.16. The van der Waals surface area contributed by atoms with E-state index >= 15 is 0 Å². The summed E-state index contributed by atoms with van der Waals surface area (Å²) in [4.78, 5) is 12.2. The molecule has 0 spiro atoms. The molecule has 0 fully saturated rings. The van der Waals surface area contributed by atoms with Gasteiger partial charge in [0, 0.05) is 22.3 Å². The number of hydrogen-bond donors (Lipinski definition) is 2. The first-order chi connectivity index (χ1) is 9.47. The summed E-state index contributed by atoms with van der Waals surface area (Å²) in [6.07, 6.45) is 0. The molecule has 0 aliphatic rings. The van der Waals surface area contributed by atoms with Crippen molar-refractivity contribution in [3.8, 4) is 0 Å². The highest BCUT2D eigenvalue weighted by molar-refractivity contribution is 9.10. The van der Waals surface area contributed by atoms with Crippen molar-refractivity contribution in [1.29, 1.82) is 0 Å². The van der Waals surface area contributed by atoms with Crippen LogP contribution in [0.2, 0.25) is 0 Å². The summed E-state index contributed by atoms with van der Waals surface area (Å²) in [5, 5.41) is 2.92. The van der Waals surface area contributed by atoms with Gasteiger partial charge in [0.2, 0.25) is 0 Å². The lowest BCUT2D eigenvalue weighted by molar-refractivity contribution is 0.0950. The molecular formula is C16H17BrN2O. The summed E-state index contributed by atoms with van der Waals surface area (Å²) in [7, 11) is 0. The highest BCUT2D eigenvalue weighted by Crippen LogP contribution is 2.22. The van der Waals surface area contributed by atoms with Gasteiger partial charge in [0.25, 0.3) is 5.91 Å². The summed E-state index contributed by atoms with van der Waals surface area (Å²) < 4.78 is 0.807. The van der Waals surface area contributed by atoms with E-state index in [2.05, 4.69) is 27.3 Å². The second-order valence-electron chi connectivity index (χ2n) is 4.84. The van der Waals surface area contributed by atoms with E-state index in [0.29, 0.717) is 17.8 Å². The van der Waals surface area contributed by atoms with Gasteiger partial charge >= 0.3 is 0 Å². The van der Waals surface area contributed by atoms with E-state index in [9.17, 15) is 4.79 Å². The fourth-order valence-corrected chi connectivity index (χ4v) is 2.51. The van der Waals surface area contributed by atoms with Crippen LogP contribution in [-0.2, 0) is 6.54 Å². The molecule has 0 bridgehead atoms. The number of amides is 1. The van der Waals surface area contributed by atoms with Crippen molar-refractivity contribution in [3.05, 3.63) is 63.1 Å². The Morgan fingerprint density at radius 1 is 1.25 bits per heavy atom. The molecule has 0 radical (unpaired) electrons. The molecule has 2 aromatic carbocycles. The molecule has 20 heavy (non-hydrogen) atoms. The lowest BCUT2D eigenvalue weighted by Crippen LogP contribution is -2.24. The topological polar surface area (TPSA) is 55.1 Å². The minimum atomic E-state index is -0.114. The molecule has 3 nitrogen and oxygen atoms in total. The van der Waals surface area contributed by atoms with Crippen LogP contribution in [0.3, 0.4) is 0 Å².